The SMILES string of the molecule is CCNCc1ccc(N(C)Cc2cccc(C)n2)cc1C. The van der Waals surface area contributed by atoms with Crippen LogP contribution in [-0.4, -0.2) is 18.6 Å². The van der Waals surface area contributed by atoms with E-state index in [0.717, 1.165) is 31.0 Å². The molecule has 1 aromatic heterocycles. The van der Waals surface area contributed by atoms with Crippen molar-refractivity contribution >= 4 is 5.69 Å². The standard InChI is InChI=1S/C18H25N3/c1-5-19-12-16-9-10-18(11-14(16)2)21(4)13-17-8-6-7-15(3)20-17/h6-11,19H,5,12-13H2,1-4H3. The van der Waals surface area contributed by atoms with E-state index < -0.39 is 0 Å². The Morgan fingerprint density at radius 3 is 2.62 bits per heavy atom. The fourth-order valence-corrected chi connectivity index (χ4v) is 2.40. The summed E-state index contributed by atoms with van der Waals surface area (Å²) in [6.07, 6.45) is 0. The summed E-state index contributed by atoms with van der Waals surface area (Å²) in [5.41, 5.74) is 6.10. The molecule has 0 aliphatic rings. The highest BCUT2D eigenvalue weighted by atomic mass is 15.1. The van der Waals surface area contributed by atoms with Crippen LogP contribution in [0.4, 0.5) is 5.69 Å². The second-order valence-electron chi connectivity index (χ2n) is 5.52. The first-order valence-corrected chi connectivity index (χ1v) is 7.54. The van der Waals surface area contributed by atoms with Gasteiger partial charge in [0.2, 0.25) is 0 Å². The molecule has 0 saturated carbocycles. The van der Waals surface area contributed by atoms with Crippen LogP contribution in [0, 0.1) is 13.8 Å². The molecule has 2 rings (SSSR count). The van der Waals surface area contributed by atoms with Gasteiger partial charge in [0.05, 0.1) is 12.2 Å². The van der Waals surface area contributed by atoms with Crippen molar-refractivity contribution in [3.05, 3.63) is 58.9 Å². The molecule has 112 valence electrons. The van der Waals surface area contributed by atoms with E-state index in [1.54, 1.807) is 0 Å². The summed E-state index contributed by atoms with van der Waals surface area (Å²) in [7, 11) is 2.11. The number of nitrogens with zero attached hydrogens (tertiary/aromatic N) is 2. The Kier molecular flexibility index (Phi) is 5.34. The molecule has 2 aromatic rings. The van der Waals surface area contributed by atoms with Gasteiger partial charge in [0.25, 0.3) is 0 Å². The summed E-state index contributed by atoms with van der Waals surface area (Å²) in [4.78, 5) is 6.81. The molecule has 0 radical (unpaired) electrons. The van der Waals surface area contributed by atoms with Gasteiger partial charge in [0, 0.05) is 25.0 Å². The van der Waals surface area contributed by atoms with Crippen molar-refractivity contribution in [1.82, 2.24) is 10.3 Å². The number of aromatic nitrogens is 1. The molecule has 1 N–H and O–H groups in total. The molecular weight excluding hydrogens is 258 g/mol. The summed E-state index contributed by atoms with van der Waals surface area (Å²) in [6.45, 7) is 9.10. The minimum Gasteiger partial charge on any atom is -0.369 e. The predicted octanol–water partition coefficient (Wildman–Crippen LogP) is 3.44. The molecule has 0 amide bonds. The van der Waals surface area contributed by atoms with Crippen molar-refractivity contribution in [2.75, 3.05) is 18.5 Å². The quantitative estimate of drug-likeness (QED) is 0.880. The van der Waals surface area contributed by atoms with Crippen LogP contribution in [0.15, 0.2) is 36.4 Å². The molecule has 0 spiro atoms. The monoisotopic (exact) mass is 283 g/mol. The number of rotatable bonds is 6. The molecule has 1 heterocycles. The number of nitrogens with one attached hydrogen (secondary N) is 1. The van der Waals surface area contributed by atoms with E-state index >= 15 is 0 Å². The van der Waals surface area contributed by atoms with Crippen LogP contribution in [-0.2, 0) is 13.1 Å². The molecule has 0 fully saturated rings. The van der Waals surface area contributed by atoms with Gasteiger partial charge in [0.15, 0.2) is 0 Å². The predicted molar refractivity (Wildman–Crippen MR) is 89.6 cm³/mol. The number of hydrogen-bond donors (Lipinski definition) is 1. The Labute approximate surface area is 128 Å². The Bertz CT molecular complexity index is 593. The number of benzene rings is 1. The molecule has 1 aromatic carbocycles. The fourth-order valence-electron chi connectivity index (χ4n) is 2.40. The first-order chi connectivity index (χ1) is 10.1. The van der Waals surface area contributed by atoms with Gasteiger partial charge in [-0.1, -0.05) is 19.1 Å². The largest absolute Gasteiger partial charge is 0.369 e. The van der Waals surface area contributed by atoms with E-state index in [1.807, 2.05) is 13.0 Å². The molecule has 0 aliphatic heterocycles. The third-order valence-electron chi connectivity index (χ3n) is 3.68. The van der Waals surface area contributed by atoms with Gasteiger partial charge in [0.1, 0.15) is 0 Å². The molecule has 0 unspecified atom stereocenters. The van der Waals surface area contributed by atoms with E-state index in [9.17, 15) is 0 Å². The van der Waals surface area contributed by atoms with Crippen LogP contribution >= 0.6 is 0 Å². The lowest BCUT2D eigenvalue weighted by atomic mass is 10.1. The van der Waals surface area contributed by atoms with E-state index in [1.165, 1.54) is 16.8 Å². The minimum absolute atomic E-state index is 0.827. The number of anilines is 1. The van der Waals surface area contributed by atoms with Crippen molar-refractivity contribution in [3.8, 4) is 0 Å². The van der Waals surface area contributed by atoms with Crippen LogP contribution in [0.5, 0.6) is 0 Å². The van der Waals surface area contributed by atoms with Crippen molar-refractivity contribution in [3.63, 3.8) is 0 Å². The topological polar surface area (TPSA) is 28.2 Å². The van der Waals surface area contributed by atoms with Gasteiger partial charge in [-0.15, -0.1) is 0 Å². The zero-order chi connectivity index (χ0) is 15.2. The summed E-state index contributed by atoms with van der Waals surface area (Å²) < 4.78 is 0. The van der Waals surface area contributed by atoms with Crippen molar-refractivity contribution in [2.45, 2.75) is 33.9 Å². The Balaban J connectivity index is 2.08. The molecule has 3 nitrogen and oxygen atoms in total. The maximum Gasteiger partial charge on any atom is 0.0600 e. The summed E-state index contributed by atoms with van der Waals surface area (Å²) in [6, 6.07) is 12.8. The molecule has 0 saturated heterocycles. The third-order valence-corrected chi connectivity index (χ3v) is 3.68. The molecular formula is C18H25N3. The average Bonchev–Trinajstić information content (AvgIpc) is 2.46. The van der Waals surface area contributed by atoms with Gasteiger partial charge >= 0.3 is 0 Å². The van der Waals surface area contributed by atoms with Gasteiger partial charge in [-0.05, 0) is 55.8 Å². The van der Waals surface area contributed by atoms with Gasteiger partial charge in [-0.2, -0.15) is 0 Å². The van der Waals surface area contributed by atoms with Crippen molar-refractivity contribution in [1.29, 1.82) is 0 Å². The van der Waals surface area contributed by atoms with Crippen molar-refractivity contribution < 1.29 is 0 Å². The summed E-state index contributed by atoms with van der Waals surface area (Å²) in [5.74, 6) is 0. The van der Waals surface area contributed by atoms with E-state index in [-0.39, 0.29) is 0 Å². The average molecular weight is 283 g/mol. The molecule has 0 aliphatic carbocycles. The van der Waals surface area contributed by atoms with Crippen molar-refractivity contribution in [2.24, 2.45) is 0 Å². The Morgan fingerprint density at radius 2 is 1.95 bits per heavy atom. The van der Waals surface area contributed by atoms with Gasteiger partial charge in [-0.25, -0.2) is 0 Å². The normalized spacial score (nSPS) is 10.7. The highest BCUT2D eigenvalue weighted by molar-refractivity contribution is 5.50. The van der Waals surface area contributed by atoms with E-state index in [2.05, 4.69) is 66.4 Å². The van der Waals surface area contributed by atoms with Crippen LogP contribution in [0.25, 0.3) is 0 Å². The lowest BCUT2D eigenvalue weighted by Gasteiger charge is -2.20. The number of aryl methyl sites for hydroxylation is 2. The Hall–Kier alpha value is -1.87. The first kappa shape index (κ1) is 15.5. The number of hydrogen-bond acceptors (Lipinski definition) is 3. The highest BCUT2D eigenvalue weighted by Crippen LogP contribution is 2.19. The molecule has 0 bridgehead atoms. The third kappa shape index (κ3) is 4.30. The first-order valence-electron chi connectivity index (χ1n) is 7.54. The Morgan fingerprint density at radius 1 is 1.14 bits per heavy atom. The smallest absolute Gasteiger partial charge is 0.0600 e. The molecule has 21 heavy (non-hydrogen) atoms. The highest BCUT2D eigenvalue weighted by Gasteiger charge is 2.06. The summed E-state index contributed by atoms with van der Waals surface area (Å²) in [5, 5.41) is 3.38. The maximum absolute atomic E-state index is 4.57. The van der Waals surface area contributed by atoms with E-state index in [0.29, 0.717) is 0 Å². The second-order valence-corrected chi connectivity index (χ2v) is 5.52. The van der Waals surface area contributed by atoms with Crippen LogP contribution in [0.2, 0.25) is 0 Å². The van der Waals surface area contributed by atoms with Gasteiger partial charge < -0.3 is 10.2 Å². The lowest BCUT2D eigenvalue weighted by molar-refractivity contribution is 0.723. The fraction of sp³-hybridized carbons (Fsp3) is 0.389. The van der Waals surface area contributed by atoms with Crippen LogP contribution in [0.1, 0.15) is 29.4 Å². The molecule has 3 heteroatoms. The minimum atomic E-state index is 0.827. The van der Waals surface area contributed by atoms with Crippen LogP contribution < -0.4 is 10.2 Å². The molecule has 0 atom stereocenters. The summed E-state index contributed by atoms with van der Waals surface area (Å²) >= 11 is 0. The zero-order valence-corrected chi connectivity index (χ0v) is 13.5. The maximum atomic E-state index is 4.57. The van der Waals surface area contributed by atoms with E-state index in [4.69, 9.17) is 0 Å². The van der Waals surface area contributed by atoms with Crippen LogP contribution in [0.3, 0.4) is 0 Å². The zero-order valence-electron chi connectivity index (χ0n) is 13.5. The van der Waals surface area contributed by atoms with Gasteiger partial charge in [-0.3, -0.25) is 4.98 Å². The number of pyridine rings is 1. The lowest BCUT2D eigenvalue weighted by Crippen LogP contribution is -2.18. The second kappa shape index (κ2) is 7.23.